The van der Waals surface area contributed by atoms with Crippen molar-refractivity contribution in [2.45, 2.75) is 38.1 Å². The molecule has 4 aromatic rings. The van der Waals surface area contributed by atoms with Gasteiger partial charge in [-0.2, -0.15) is 13.2 Å². The minimum atomic E-state index is -4.69. The zero-order valence-corrected chi connectivity index (χ0v) is 17.8. The molecule has 33 heavy (non-hydrogen) atoms. The van der Waals surface area contributed by atoms with Crippen molar-refractivity contribution >= 4 is 28.5 Å². The third-order valence-corrected chi connectivity index (χ3v) is 5.72. The van der Waals surface area contributed by atoms with Gasteiger partial charge in [-0.1, -0.05) is 35.9 Å². The summed E-state index contributed by atoms with van der Waals surface area (Å²) in [5, 5.41) is 8.44. The number of para-hydroxylation sites is 2. The lowest BCUT2D eigenvalue weighted by molar-refractivity contribution is -0.148. The van der Waals surface area contributed by atoms with Crippen molar-refractivity contribution in [2.75, 3.05) is 0 Å². The van der Waals surface area contributed by atoms with Crippen LogP contribution in [0.15, 0.2) is 52.9 Å². The van der Waals surface area contributed by atoms with Gasteiger partial charge >= 0.3 is 6.18 Å². The molecule has 0 N–H and O–H groups in total. The number of hydrogen-bond acceptors (Lipinski definition) is 5. The molecule has 1 aliphatic rings. The minimum Gasteiger partial charge on any atom is -0.419 e. The zero-order valence-electron chi connectivity index (χ0n) is 17.1. The lowest BCUT2D eigenvalue weighted by atomic mass is 10.2. The van der Waals surface area contributed by atoms with Gasteiger partial charge in [0.1, 0.15) is 6.54 Å². The molecule has 1 fully saturated rings. The number of aromatic nitrogens is 4. The molecule has 0 bridgehead atoms. The standard InChI is InChI=1S/C22H17ClF3N5O2/c23-15-6-2-1-5-14(15)20-29-28-18(33-20)11-30(13-9-10-13)19(32)12-31-17-8-4-3-7-16(17)27-21(31)22(24,25)26/h1-8,13H,9-12H2. The second-order valence-electron chi connectivity index (χ2n) is 7.74. The number of hydrogen-bond donors (Lipinski definition) is 0. The number of benzene rings is 2. The second kappa shape index (κ2) is 8.18. The molecule has 0 unspecified atom stereocenters. The summed E-state index contributed by atoms with van der Waals surface area (Å²) in [6.45, 7) is -0.508. The van der Waals surface area contributed by atoms with E-state index in [0.717, 1.165) is 17.4 Å². The average molecular weight is 476 g/mol. The highest BCUT2D eigenvalue weighted by atomic mass is 35.5. The van der Waals surface area contributed by atoms with Crippen LogP contribution in [0.2, 0.25) is 5.02 Å². The smallest absolute Gasteiger partial charge is 0.419 e. The zero-order chi connectivity index (χ0) is 23.2. The number of rotatable bonds is 6. The van der Waals surface area contributed by atoms with Gasteiger partial charge in [0.15, 0.2) is 0 Å². The predicted octanol–water partition coefficient (Wildman–Crippen LogP) is 4.95. The first-order chi connectivity index (χ1) is 15.8. The van der Waals surface area contributed by atoms with Gasteiger partial charge in [-0.05, 0) is 37.1 Å². The van der Waals surface area contributed by atoms with Gasteiger partial charge in [0, 0.05) is 6.04 Å². The predicted molar refractivity (Wildman–Crippen MR) is 113 cm³/mol. The van der Waals surface area contributed by atoms with E-state index in [1.54, 1.807) is 36.4 Å². The number of imidazole rings is 1. The highest BCUT2D eigenvalue weighted by molar-refractivity contribution is 6.33. The second-order valence-corrected chi connectivity index (χ2v) is 8.15. The van der Waals surface area contributed by atoms with Gasteiger partial charge in [0.25, 0.3) is 0 Å². The van der Waals surface area contributed by atoms with Crippen LogP contribution >= 0.6 is 11.6 Å². The van der Waals surface area contributed by atoms with E-state index in [9.17, 15) is 18.0 Å². The molecular formula is C22H17ClF3N5O2. The molecule has 2 heterocycles. The van der Waals surface area contributed by atoms with Crippen molar-refractivity contribution in [1.29, 1.82) is 0 Å². The molecule has 0 saturated heterocycles. The fraction of sp³-hybridized carbons (Fsp3) is 0.273. The molecule has 170 valence electrons. The van der Waals surface area contributed by atoms with Crippen LogP contribution in [-0.2, 0) is 24.1 Å². The molecular weight excluding hydrogens is 459 g/mol. The topological polar surface area (TPSA) is 77.1 Å². The summed E-state index contributed by atoms with van der Waals surface area (Å²) >= 11 is 6.17. The van der Waals surface area contributed by atoms with Crippen LogP contribution in [0.1, 0.15) is 24.6 Å². The first kappa shape index (κ1) is 21.4. The highest BCUT2D eigenvalue weighted by Gasteiger charge is 2.39. The van der Waals surface area contributed by atoms with E-state index in [1.807, 2.05) is 0 Å². The van der Waals surface area contributed by atoms with E-state index in [1.165, 1.54) is 17.0 Å². The van der Waals surface area contributed by atoms with E-state index in [4.69, 9.17) is 16.0 Å². The van der Waals surface area contributed by atoms with Crippen molar-refractivity contribution in [3.05, 3.63) is 65.3 Å². The molecule has 1 amide bonds. The Morgan fingerprint density at radius 2 is 1.85 bits per heavy atom. The van der Waals surface area contributed by atoms with Gasteiger partial charge in [0.05, 0.1) is 28.2 Å². The fourth-order valence-electron chi connectivity index (χ4n) is 3.69. The Labute approximate surface area is 190 Å². The summed E-state index contributed by atoms with van der Waals surface area (Å²) in [5.74, 6) is -1.20. The quantitative estimate of drug-likeness (QED) is 0.394. The molecule has 11 heteroatoms. The van der Waals surface area contributed by atoms with Gasteiger partial charge in [-0.15, -0.1) is 10.2 Å². The van der Waals surface area contributed by atoms with Gasteiger partial charge in [-0.3, -0.25) is 4.79 Å². The fourth-order valence-corrected chi connectivity index (χ4v) is 3.91. The summed E-state index contributed by atoms with van der Waals surface area (Å²) in [6, 6.07) is 13.1. The summed E-state index contributed by atoms with van der Waals surface area (Å²) < 4.78 is 47.4. The Morgan fingerprint density at radius 1 is 1.12 bits per heavy atom. The SMILES string of the molecule is O=C(Cn1c(C(F)(F)F)nc2ccccc21)N(Cc1nnc(-c2ccccc2Cl)o1)C1CC1. The van der Waals surface area contributed by atoms with Crippen LogP contribution in [0.3, 0.4) is 0 Å². The number of halogens is 4. The van der Waals surface area contributed by atoms with Crippen LogP contribution < -0.4 is 0 Å². The maximum atomic E-state index is 13.6. The van der Waals surface area contributed by atoms with Crippen molar-refractivity contribution in [3.63, 3.8) is 0 Å². The van der Waals surface area contributed by atoms with Crippen molar-refractivity contribution < 1.29 is 22.4 Å². The Balaban J connectivity index is 1.41. The monoisotopic (exact) mass is 475 g/mol. The Kier molecular flexibility index (Phi) is 5.32. The number of carbonyl (C=O) groups excluding carboxylic acids is 1. The van der Waals surface area contributed by atoms with Crippen LogP contribution in [0.4, 0.5) is 13.2 Å². The molecule has 2 aromatic carbocycles. The molecule has 7 nitrogen and oxygen atoms in total. The summed E-state index contributed by atoms with van der Waals surface area (Å²) in [7, 11) is 0. The first-order valence-corrected chi connectivity index (χ1v) is 10.6. The van der Waals surface area contributed by atoms with E-state index < -0.39 is 24.5 Å². The Hall–Kier alpha value is -3.40. The van der Waals surface area contributed by atoms with Gasteiger partial charge in [-0.25, -0.2) is 4.98 Å². The molecule has 1 saturated carbocycles. The van der Waals surface area contributed by atoms with Gasteiger partial charge in [0.2, 0.25) is 23.5 Å². The van der Waals surface area contributed by atoms with E-state index in [-0.39, 0.29) is 35.4 Å². The molecule has 0 radical (unpaired) electrons. The van der Waals surface area contributed by atoms with Crippen LogP contribution in [0, 0.1) is 0 Å². The Morgan fingerprint density at radius 3 is 2.58 bits per heavy atom. The van der Waals surface area contributed by atoms with Gasteiger partial charge < -0.3 is 13.9 Å². The largest absolute Gasteiger partial charge is 0.449 e. The first-order valence-electron chi connectivity index (χ1n) is 10.2. The molecule has 2 aromatic heterocycles. The van der Waals surface area contributed by atoms with Crippen molar-refractivity contribution in [3.8, 4) is 11.5 Å². The maximum absolute atomic E-state index is 13.6. The van der Waals surface area contributed by atoms with Crippen molar-refractivity contribution in [1.82, 2.24) is 24.6 Å². The molecule has 0 atom stereocenters. The lowest BCUT2D eigenvalue weighted by Crippen LogP contribution is -2.36. The number of nitrogens with zero attached hydrogens (tertiary/aromatic N) is 5. The Bertz CT molecular complexity index is 1330. The third-order valence-electron chi connectivity index (χ3n) is 5.39. The lowest BCUT2D eigenvalue weighted by Gasteiger charge is -2.22. The molecule has 0 aliphatic heterocycles. The maximum Gasteiger partial charge on any atom is 0.449 e. The highest BCUT2D eigenvalue weighted by Crippen LogP contribution is 2.33. The number of fused-ring (bicyclic) bond motifs is 1. The molecule has 0 spiro atoms. The van der Waals surface area contributed by atoms with E-state index in [2.05, 4.69) is 15.2 Å². The number of carbonyl (C=O) groups is 1. The number of alkyl halides is 3. The van der Waals surface area contributed by atoms with E-state index in [0.29, 0.717) is 10.6 Å². The average Bonchev–Trinajstić information content (AvgIpc) is 3.39. The number of amides is 1. The summed E-state index contributed by atoms with van der Waals surface area (Å²) in [6.07, 6.45) is -3.18. The van der Waals surface area contributed by atoms with Crippen LogP contribution in [0.5, 0.6) is 0 Å². The summed E-state index contributed by atoms with van der Waals surface area (Å²) in [5.41, 5.74) is 0.978. The van der Waals surface area contributed by atoms with Crippen LogP contribution in [-0.4, -0.2) is 36.6 Å². The van der Waals surface area contributed by atoms with Crippen molar-refractivity contribution in [2.24, 2.45) is 0 Å². The molecule has 1 aliphatic carbocycles. The third kappa shape index (κ3) is 4.30. The minimum absolute atomic E-state index is 0.00503. The van der Waals surface area contributed by atoms with E-state index >= 15 is 0 Å². The summed E-state index contributed by atoms with van der Waals surface area (Å²) in [4.78, 5) is 18.3. The molecule has 5 rings (SSSR count). The normalized spacial score (nSPS) is 14.1. The van der Waals surface area contributed by atoms with Crippen LogP contribution in [0.25, 0.3) is 22.5 Å².